The summed E-state index contributed by atoms with van der Waals surface area (Å²) in [7, 11) is 0. The maximum Gasteiger partial charge on any atom is 0.344 e. The lowest BCUT2D eigenvalue weighted by Gasteiger charge is -2.33. The van der Waals surface area contributed by atoms with Crippen LogP contribution in [-0.2, 0) is 19.1 Å². The fourth-order valence-electron chi connectivity index (χ4n) is 4.50. The van der Waals surface area contributed by atoms with Crippen LogP contribution in [0.4, 0.5) is 4.79 Å². The summed E-state index contributed by atoms with van der Waals surface area (Å²) < 4.78 is 10.2. The first kappa shape index (κ1) is 21.8. The average Bonchev–Trinajstić information content (AvgIpc) is 3.52. The van der Waals surface area contributed by atoms with Crippen LogP contribution in [0.1, 0.15) is 56.0 Å². The summed E-state index contributed by atoms with van der Waals surface area (Å²) in [5, 5.41) is 3.36. The minimum Gasteiger partial charge on any atom is -0.459 e. The molecule has 11 heteroatoms. The van der Waals surface area contributed by atoms with Crippen LogP contribution in [0, 0.1) is 5.92 Å². The molecule has 172 valence electrons. The number of nitrogens with zero attached hydrogens (tertiary/aromatic N) is 2. The number of rotatable bonds is 5. The molecule has 1 spiro atoms. The van der Waals surface area contributed by atoms with Gasteiger partial charge in [0.2, 0.25) is 0 Å². The Morgan fingerprint density at radius 3 is 2.69 bits per heavy atom. The van der Waals surface area contributed by atoms with E-state index in [2.05, 4.69) is 17.7 Å². The molecular weight excluding hydrogens is 420 g/mol. The molecule has 0 radical (unpaired) electrons. The van der Waals surface area contributed by atoms with Crippen molar-refractivity contribution in [1.82, 2.24) is 20.7 Å². The van der Waals surface area contributed by atoms with E-state index in [0.29, 0.717) is 43.2 Å². The Kier molecular flexibility index (Phi) is 5.90. The number of ether oxygens (including phenoxy) is 1. The van der Waals surface area contributed by atoms with E-state index in [-0.39, 0.29) is 5.76 Å². The van der Waals surface area contributed by atoms with E-state index in [4.69, 9.17) is 9.15 Å². The zero-order chi connectivity index (χ0) is 22.9. The highest BCUT2D eigenvalue weighted by molar-refractivity contribution is 6.08. The van der Waals surface area contributed by atoms with Crippen molar-refractivity contribution < 1.29 is 33.1 Å². The van der Waals surface area contributed by atoms with Crippen molar-refractivity contribution in [1.29, 1.82) is 0 Å². The minimum absolute atomic E-state index is 0.118. The number of nitrogens with one attached hydrogen (secondary N) is 2. The van der Waals surface area contributed by atoms with Gasteiger partial charge in [-0.15, -0.1) is 0 Å². The van der Waals surface area contributed by atoms with E-state index in [0.717, 1.165) is 12.8 Å². The van der Waals surface area contributed by atoms with Crippen LogP contribution >= 0.6 is 0 Å². The summed E-state index contributed by atoms with van der Waals surface area (Å²) in [6.45, 7) is 1.78. The van der Waals surface area contributed by atoms with Gasteiger partial charge < -0.3 is 19.4 Å². The molecule has 4 rings (SSSR count). The van der Waals surface area contributed by atoms with E-state index in [1.165, 1.54) is 17.2 Å². The maximum absolute atomic E-state index is 12.8. The number of hydrazine groups is 1. The normalized spacial score (nSPS) is 27.5. The molecular formula is C21H26N4O7. The number of likely N-dealkylation sites (tertiary alicyclic amines) is 1. The molecule has 3 fully saturated rings. The third-order valence-electron chi connectivity index (χ3n) is 6.39. The van der Waals surface area contributed by atoms with Gasteiger partial charge in [-0.2, -0.15) is 5.01 Å². The smallest absolute Gasteiger partial charge is 0.344 e. The lowest BCUT2D eigenvalue weighted by Crippen LogP contribution is -2.52. The predicted molar refractivity (Wildman–Crippen MR) is 108 cm³/mol. The van der Waals surface area contributed by atoms with Crippen LogP contribution < -0.4 is 10.7 Å². The molecule has 1 aromatic rings. The third-order valence-corrected chi connectivity index (χ3v) is 6.39. The number of urea groups is 1. The van der Waals surface area contributed by atoms with Gasteiger partial charge in [0, 0.05) is 6.54 Å². The molecule has 3 aliphatic rings. The van der Waals surface area contributed by atoms with E-state index in [1.807, 2.05) is 0 Å². The number of carbonyl (C=O) groups is 5. The first-order chi connectivity index (χ1) is 15.3. The van der Waals surface area contributed by atoms with Crippen molar-refractivity contribution in [2.75, 3.05) is 13.2 Å². The number of hydrogen-bond donors (Lipinski definition) is 2. The van der Waals surface area contributed by atoms with Gasteiger partial charge in [-0.3, -0.25) is 19.8 Å². The van der Waals surface area contributed by atoms with Crippen LogP contribution in [0.5, 0.6) is 0 Å². The lowest BCUT2D eigenvalue weighted by molar-refractivity contribution is -0.153. The van der Waals surface area contributed by atoms with Crippen molar-refractivity contribution in [3.05, 3.63) is 24.2 Å². The Morgan fingerprint density at radius 1 is 1.25 bits per heavy atom. The molecule has 1 aliphatic carbocycles. The number of esters is 1. The van der Waals surface area contributed by atoms with E-state index < -0.39 is 47.9 Å². The predicted octanol–water partition coefficient (Wildman–Crippen LogP) is 0.959. The third kappa shape index (κ3) is 4.06. The number of carbonyl (C=O) groups excluding carboxylic acids is 5. The Balaban J connectivity index is 1.30. The summed E-state index contributed by atoms with van der Waals surface area (Å²) in [5.74, 6) is -1.88. The van der Waals surface area contributed by atoms with E-state index >= 15 is 0 Å². The Bertz CT molecular complexity index is 921. The number of amides is 5. The number of hydrogen-bond acceptors (Lipinski definition) is 7. The first-order valence-corrected chi connectivity index (χ1v) is 10.8. The molecule has 2 N–H and O–H groups in total. The zero-order valence-corrected chi connectivity index (χ0v) is 17.8. The highest BCUT2D eigenvalue weighted by Crippen LogP contribution is 2.35. The molecule has 32 heavy (non-hydrogen) atoms. The molecule has 2 saturated heterocycles. The Labute approximate surface area is 184 Å². The van der Waals surface area contributed by atoms with Crippen LogP contribution in [0.25, 0.3) is 0 Å². The van der Waals surface area contributed by atoms with Gasteiger partial charge in [-0.25, -0.2) is 9.59 Å². The van der Waals surface area contributed by atoms with E-state index in [1.54, 1.807) is 6.07 Å². The Morgan fingerprint density at radius 2 is 2.00 bits per heavy atom. The van der Waals surface area contributed by atoms with Crippen molar-refractivity contribution in [2.24, 2.45) is 5.92 Å². The summed E-state index contributed by atoms with van der Waals surface area (Å²) in [4.78, 5) is 63.7. The van der Waals surface area contributed by atoms with Gasteiger partial charge in [0.05, 0.1) is 6.26 Å². The van der Waals surface area contributed by atoms with Crippen LogP contribution in [0.15, 0.2) is 22.8 Å². The van der Waals surface area contributed by atoms with Crippen LogP contribution in [0.2, 0.25) is 0 Å². The fraction of sp³-hybridized carbons (Fsp3) is 0.571. The molecule has 1 saturated carbocycles. The lowest BCUT2D eigenvalue weighted by atomic mass is 9.77. The highest BCUT2D eigenvalue weighted by atomic mass is 16.5. The fourth-order valence-corrected chi connectivity index (χ4v) is 4.50. The second-order valence-corrected chi connectivity index (χ2v) is 8.61. The van der Waals surface area contributed by atoms with Crippen molar-refractivity contribution in [2.45, 2.75) is 57.0 Å². The number of imide groups is 1. The summed E-state index contributed by atoms with van der Waals surface area (Å²) >= 11 is 0. The van der Waals surface area contributed by atoms with Gasteiger partial charge in [0.25, 0.3) is 17.7 Å². The van der Waals surface area contributed by atoms with Crippen molar-refractivity contribution in [3.8, 4) is 0 Å². The molecule has 11 nitrogen and oxygen atoms in total. The van der Waals surface area contributed by atoms with Gasteiger partial charge >= 0.3 is 12.0 Å². The zero-order valence-electron chi connectivity index (χ0n) is 17.8. The molecule has 3 heterocycles. The number of furan rings is 1. The standard InChI is InChI=1S/C21H26N4O7/c1-13-6-8-21(9-7-13)19(29)25(20(30)22-21)23-16(26)12-32-18(28)14-4-2-10-24(14)17(27)15-5-3-11-31-15/h3,5,11,13-14H,2,4,6-10,12H2,1H3,(H,22,30)(H,23,26). The van der Waals surface area contributed by atoms with Gasteiger partial charge in [0.1, 0.15) is 11.6 Å². The molecule has 0 bridgehead atoms. The quantitative estimate of drug-likeness (QED) is 0.507. The van der Waals surface area contributed by atoms with Gasteiger partial charge in [-0.1, -0.05) is 6.92 Å². The second kappa shape index (κ2) is 8.64. The molecule has 0 aromatic carbocycles. The molecule has 1 atom stereocenters. The van der Waals surface area contributed by atoms with Gasteiger partial charge in [0.15, 0.2) is 12.4 Å². The first-order valence-electron chi connectivity index (χ1n) is 10.8. The summed E-state index contributed by atoms with van der Waals surface area (Å²) in [6.07, 6.45) is 5.03. The molecule has 5 amide bonds. The van der Waals surface area contributed by atoms with Gasteiger partial charge in [-0.05, 0) is 56.6 Å². The largest absolute Gasteiger partial charge is 0.459 e. The van der Waals surface area contributed by atoms with Crippen LogP contribution in [-0.4, -0.2) is 64.4 Å². The van der Waals surface area contributed by atoms with Crippen molar-refractivity contribution >= 4 is 29.7 Å². The average molecular weight is 446 g/mol. The van der Waals surface area contributed by atoms with E-state index in [9.17, 15) is 24.0 Å². The summed E-state index contributed by atoms with van der Waals surface area (Å²) in [6, 6.07) is 1.56. The summed E-state index contributed by atoms with van der Waals surface area (Å²) in [5.41, 5.74) is 1.24. The van der Waals surface area contributed by atoms with Crippen LogP contribution in [0.3, 0.4) is 0 Å². The monoisotopic (exact) mass is 446 g/mol. The maximum atomic E-state index is 12.8. The molecule has 1 aromatic heterocycles. The topological polar surface area (TPSA) is 138 Å². The molecule has 2 aliphatic heterocycles. The minimum atomic E-state index is -0.982. The SMILES string of the molecule is CC1CCC2(CC1)NC(=O)N(NC(=O)COC(=O)C1CCCN1C(=O)c1ccco1)C2=O. The molecule has 1 unspecified atom stereocenters. The highest BCUT2D eigenvalue weighted by Gasteiger charge is 2.53. The Hall–Kier alpha value is -3.37. The van der Waals surface area contributed by atoms with Crippen molar-refractivity contribution in [3.63, 3.8) is 0 Å². The second-order valence-electron chi connectivity index (χ2n) is 8.61.